The van der Waals surface area contributed by atoms with Gasteiger partial charge in [0.1, 0.15) is 0 Å². The molecule has 0 radical (unpaired) electrons. The summed E-state index contributed by atoms with van der Waals surface area (Å²) in [7, 11) is 0. The summed E-state index contributed by atoms with van der Waals surface area (Å²) in [5, 5.41) is 8.30. The Morgan fingerprint density at radius 2 is 1.08 bits per heavy atom. The number of unbranched alkanes of at least 4 members (excludes halogenated alkanes) is 1. The van der Waals surface area contributed by atoms with E-state index in [1.54, 1.807) is 0 Å². The second-order valence-corrected chi connectivity index (χ2v) is 4.58. The number of alkyl halides is 13. The van der Waals surface area contributed by atoms with Crippen LogP contribution < -0.4 is 0 Å². The van der Waals surface area contributed by atoms with Crippen molar-refractivity contribution in [1.29, 1.82) is 0 Å². The highest BCUT2D eigenvalue weighted by Gasteiger charge is 2.85. The van der Waals surface area contributed by atoms with Gasteiger partial charge < -0.3 is 9.84 Å². The monoisotopic (exact) mass is 424 g/mol. The Hall–Kier alpha value is -1.03. The van der Waals surface area contributed by atoms with Crippen molar-refractivity contribution in [2.75, 3.05) is 13.2 Å². The van der Waals surface area contributed by atoms with E-state index in [1.165, 1.54) is 0 Å². The van der Waals surface area contributed by atoms with Crippen molar-refractivity contribution in [2.24, 2.45) is 0 Å². The Kier molecular flexibility index (Phi) is 7.24. The lowest BCUT2D eigenvalue weighted by atomic mass is 10.1. The lowest BCUT2D eigenvalue weighted by Gasteiger charge is -2.37. The lowest BCUT2D eigenvalue weighted by Crippen LogP contribution is -2.64. The number of ether oxygens (including phenoxy) is 2. The van der Waals surface area contributed by atoms with Gasteiger partial charge in [0.05, 0.1) is 6.61 Å². The van der Waals surface area contributed by atoms with E-state index < -0.39 is 56.0 Å². The van der Waals surface area contributed by atoms with Gasteiger partial charge in [-0.15, -0.1) is 0 Å². The van der Waals surface area contributed by atoms with Crippen LogP contribution in [0.15, 0.2) is 0 Å². The van der Waals surface area contributed by atoms with Crippen LogP contribution in [0, 0.1) is 0 Å². The van der Waals surface area contributed by atoms with Crippen LogP contribution in [0.25, 0.3) is 0 Å². The zero-order chi connectivity index (χ0) is 21.2. The topological polar surface area (TPSA) is 38.7 Å². The van der Waals surface area contributed by atoms with E-state index in [1.807, 2.05) is 4.74 Å². The fourth-order valence-electron chi connectivity index (χ4n) is 1.18. The molecule has 1 atom stereocenters. The molecule has 1 unspecified atom stereocenters. The van der Waals surface area contributed by atoms with E-state index in [0.717, 1.165) is 0 Å². The molecule has 0 spiro atoms. The van der Waals surface area contributed by atoms with Gasteiger partial charge in [-0.1, -0.05) is 0 Å². The minimum atomic E-state index is -7.63. The average Bonchev–Trinajstić information content (AvgIpc) is 2.40. The highest BCUT2D eigenvalue weighted by molar-refractivity contribution is 4.97. The summed E-state index contributed by atoms with van der Waals surface area (Å²) in [6.45, 7) is -2.19. The van der Waals surface area contributed by atoms with E-state index in [0.29, 0.717) is 0 Å². The fourth-order valence-corrected chi connectivity index (χ4v) is 1.18. The summed E-state index contributed by atoms with van der Waals surface area (Å²) in [5.74, 6) is -15.2. The second-order valence-electron chi connectivity index (χ2n) is 4.58. The van der Waals surface area contributed by atoms with Crippen molar-refractivity contribution in [3.63, 3.8) is 0 Å². The van der Waals surface area contributed by atoms with Crippen molar-refractivity contribution in [2.45, 2.75) is 49.2 Å². The van der Waals surface area contributed by atoms with Crippen LogP contribution in [-0.4, -0.2) is 54.7 Å². The van der Waals surface area contributed by atoms with Crippen LogP contribution in [0.2, 0.25) is 0 Å². The first-order chi connectivity index (χ1) is 11.3. The molecule has 0 aromatic carbocycles. The summed E-state index contributed by atoms with van der Waals surface area (Å²) in [6, 6.07) is -6.14. The molecule has 0 aromatic rings. The molecule has 1 N–H and O–H groups in total. The summed E-state index contributed by atoms with van der Waals surface area (Å²) < 4.78 is 168. The van der Waals surface area contributed by atoms with Crippen molar-refractivity contribution in [3.05, 3.63) is 0 Å². The molecule has 0 amide bonds. The van der Waals surface area contributed by atoms with E-state index in [2.05, 4.69) is 4.74 Å². The van der Waals surface area contributed by atoms with Gasteiger partial charge >= 0.3 is 36.3 Å². The van der Waals surface area contributed by atoms with Gasteiger partial charge in [-0.3, -0.25) is 0 Å². The average molecular weight is 424 g/mol. The van der Waals surface area contributed by atoms with Gasteiger partial charge in [-0.05, 0) is 12.8 Å². The summed E-state index contributed by atoms with van der Waals surface area (Å²) in [6.07, 6.45) is -22.4. The van der Waals surface area contributed by atoms with E-state index in [9.17, 15) is 57.1 Å². The third-order valence-corrected chi connectivity index (χ3v) is 2.55. The number of halogens is 13. The Morgan fingerprint density at radius 3 is 1.42 bits per heavy atom. The maximum absolute atomic E-state index is 13.5. The molecule has 0 saturated carbocycles. The van der Waals surface area contributed by atoms with Crippen molar-refractivity contribution < 1.29 is 71.7 Å². The minimum absolute atomic E-state index is 0.382. The highest BCUT2D eigenvalue weighted by Crippen LogP contribution is 2.55. The SMILES string of the molecule is OCCCCOC(F)(OC(F)(F)C(F)(F)C(F)(F)C(F)(F)F)C(F)(F)F. The number of hydrogen-bond acceptors (Lipinski definition) is 3. The summed E-state index contributed by atoms with van der Waals surface area (Å²) in [5.41, 5.74) is 0. The highest BCUT2D eigenvalue weighted by atomic mass is 19.4. The molecule has 0 fully saturated rings. The molecule has 16 heteroatoms. The Morgan fingerprint density at radius 1 is 0.615 bits per heavy atom. The van der Waals surface area contributed by atoms with Gasteiger partial charge in [0.15, 0.2) is 0 Å². The number of aliphatic hydroxyl groups excluding tert-OH is 1. The third-order valence-electron chi connectivity index (χ3n) is 2.55. The van der Waals surface area contributed by atoms with Gasteiger partial charge in [0.25, 0.3) is 0 Å². The van der Waals surface area contributed by atoms with E-state index >= 15 is 0 Å². The molecule has 158 valence electrons. The third kappa shape index (κ3) is 4.82. The van der Waals surface area contributed by atoms with Gasteiger partial charge in [-0.25, -0.2) is 4.74 Å². The zero-order valence-corrected chi connectivity index (χ0v) is 12.0. The predicted molar refractivity (Wildman–Crippen MR) is 54.1 cm³/mol. The van der Waals surface area contributed by atoms with Gasteiger partial charge in [0, 0.05) is 6.61 Å². The molecule has 0 aromatic heterocycles. The maximum atomic E-state index is 13.5. The fraction of sp³-hybridized carbons (Fsp3) is 1.00. The maximum Gasteiger partial charge on any atom is 0.478 e. The van der Waals surface area contributed by atoms with Gasteiger partial charge in [-0.2, -0.15) is 57.1 Å². The molecule has 0 aliphatic heterocycles. The minimum Gasteiger partial charge on any atom is -0.396 e. The largest absolute Gasteiger partial charge is 0.478 e. The smallest absolute Gasteiger partial charge is 0.396 e. The second kappa shape index (κ2) is 7.53. The molecule has 0 aliphatic rings. The Labute approximate surface area is 135 Å². The van der Waals surface area contributed by atoms with Crippen molar-refractivity contribution in [1.82, 2.24) is 0 Å². The molecular weight excluding hydrogens is 415 g/mol. The molecule has 26 heavy (non-hydrogen) atoms. The molecule has 0 heterocycles. The van der Waals surface area contributed by atoms with Crippen LogP contribution in [0.3, 0.4) is 0 Å². The van der Waals surface area contributed by atoms with Crippen LogP contribution in [-0.2, 0) is 9.47 Å². The first-order valence-corrected chi connectivity index (χ1v) is 6.17. The quantitative estimate of drug-likeness (QED) is 0.339. The molecule has 0 rings (SSSR count). The van der Waals surface area contributed by atoms with Crippen LogP contribution in [0.1, 0.15) is 12.8 Å². The molecule has 0 bridgehead atoms. The first kappa shape index (κ1) is 25.0. The molecule has 0 saturated heterocycles. The summed E-state index contributed by atoms with van der Waals surface area (Å²) >= 11 is 0. The van der Waals surface area contributed by atoms with Crippen molar-refractivity contribution in [3.8, 4) is 0 Å². The zero-order valence-electron chi connectivity index (χ0n) is 12.0. The molecule has 3 nitrogen and oxygen atoms in total. The van der Waals surface area contributed by atoms with Crippen molar-refractivity contribution >= 4 is 0 Å². The van der Waals surface area contributed by atoms with Gasteiger partial charge in [0.2, 0.25) is 0 Å². The van der Waals surface area contributed by atoms with Crippen LogP contribution in [0.4, 0.5) is 57.1 Å². The summed E-state index contributed by atoms with van der Waals surface area (Å²) in [4.78, 5) is 0. The predicted octanol–water partition coefficient (Wildman–Crippen LogP) is 4.40. The van der Waals surface area contributed by atoms with E-state index in [4.69, 9.17) is 5.11 Å². The molecular formula is C10H9F13O3. The Balaban J connectivity index is 5.73. The normalized spacial score (nSPS) is 17.3. The van der Waals surface area contributed by atoms with E-state index in [-0.39, 0.29) is 6.42 Å². The Bertz CT molecular complexity index is 458. The lowest BCUT2D eigenvalue weighted by molar-refractivity contribution is -0.535. The standard InChI is InChI=1S/C10H9F13O3/c11-5(12,7(15,16)17)6(13,14)9(21,22)26-10(23,8(18,19)20)25-4-2-1-3-24/h24H,1-4H2. The number of rotatable bonds is 9. The molecule has 0 aliphatic carbocycles. The van der Waals surface area contributed by atoms with Crippen LogP contribution >= 0.6 is 0 Å². The number of hydrogen-bond donors (Lipinski definition) is 1. The number of aliphatic hydroxyl groups is 1. The first-order valence-electron chi connectivity index (χ1n) is 6.17. The van der Waals surface area contributed by atoms with Crippen LogP contribution in [0.5, 0.6) is 0 Å².